The van der Waals surface area contributed by atoms with Crippen LogP contribution in [0.3, 0.4) is 0 Å². The Morgan fingerprint density at radius 2 is 2.36 bits per heavy atom. The molecule has 1 aromatic heterocycles. The van der Waals surface area contributed by atoms with Crippen LogP contribution in [0.5, 0.6) is 0 Å². The van der Waals surface area contributed by atoms with E-state index in [1.807, 2.05) is 6.92 Å². The van der Waals surface area contributed by atoms with Crippen molar-refractivity contribution in [1.82, 2.24) is 0 Å². The summed E-state index contributed by atoms with van der Waals surface area (Å²) in [7, 11) is 0. The molecule has 4 N–H and O–H groups in total. The molecule has 4 heteroatoms. The Labute approximate surface area is 78.7 Å². The molecule has 0 bridgehead atoms. The van der Waals surface area contributed by atoms with E-state index >= 15 is 0 Å². The highest BCUT2D eigenvalue weighted by Gasteiger charge is 2.08. The Balaban J connectivity index is 2.88. The van der Waals surface area contributed by atoms with Crippen molar-refractivity contribution in [3.05, 3.63) is 20.3 Å². The van der Waals surface area contributed by atoms with Crippen molar-refractivity contribution in [2.75, 3.05) is 6.54 Å². The van der Waals surface area contributed by atoms with Gasteiger partial charge in [-0.3, -0.25) is 0 Å². The van der Waals surface area contributed by atoms with E-state index in [0.29, 0.717) is 6.54 Å². The Bertz CT molecular complexity index is 227. The first-order chi connectivity index (χ1) is 5.15. The molecule has 1 atom stereocenters. The predicted molar refractivity (Wildman–Crippen MR) is 52.7 cm³/mol. The van der Waals surface area contributed by atoms with Crippen LogP contribution in [-0.2, 0) is 0 Å². The minimum Gasteiger partial charge on any atom is -0.329 e. The standard InChI is InChI=1S/C7H11BrN2S/c1-4-2-6(5(10)3-9)11-7(4)8/h2,5H,3,9-10H2,1H3. The molecule has 0 amide bonds. The number of hydrogen-bond donors (Lipinski definition) is 2. The molecule has 1 rings (SSSR count). The van der Waals surface area contributed by atoms with E-state index in [0.717, 1.165) is 8.66 Å². The maximum atomic E-state index is 5.74. The highest BCUT2D eigenvalue weighted by atomic mass is 79.9. The molecular formula is C7H11BrN2S. The predicted octanol–water partition coefficient (Wildman–Crippen LogP) is 1.78. The Kier molecular flexibility index (Phi) is 3.06. The molecule has 11 heavy (non-hydrogen) atoms. The number of rotatable bonds is 2. The molecule has 1 heterocycles. The molecule has 0 aliphatic rings. The van der Waals surface area contributed by atoms with Crippen LogP contribution in [-0.4, -0.2) is 6.54 Å². The fourth-order valence-electron chi connectivity index (χ4n) is 0.782. The normalized spacial score (nSPS) is 13.5. The second-order valence-corrected chi connectivity index (χ2v) is 4.85. The average molecular weight is 235 g/mol. The van der Waals surface area contributed by atoms with Crippen LogP contribution in [0.15, 0.2) is 9.85 Å². The van der Waals surface area contributed by atoms with Crippen molar-refractivity contribution in [2.24, 2.45) is 11.5 Å². The Hall–Kier alpha value is 0.100. The number of halogens is 1. The molecule has 2 nitrogen and oxygen atoms in total. The van der Waals surface area contributed by atoms with Gasteiger partial charge in [-0.25, -0.2) is 0 Å². The SMILES string of the molecule is Cc1cc(C(N)CN)sc1Br. The summed E-state index contributed by atoms with van der Waals surface area (Å²) in [5, 5.41) is 0. The maximum absolute atomic E-state index is 5.74. The molecular weight excluding hydrogens is 224 g/mol. The van der Waals surface area contributed by atoms with E-state index in [1.165, 1.54) is 5.56 Å². The van der Waals surface area contributed by atoms with Gasteiger partial charge in [-0.1, -0.05) is 0 Å². The number of hydrogen-bond acceptors (Lipinski definition) is 3. The average Bonchev–Trinajstić information content (AvgIpc) is 2.31. The first kappa shape index (κ1) is 9.19. The highest BCUT2D eigenvalue weighted by Crippen LogP contribution is 2.29. The van der Waals surface area contributed by atoms with Gasteiger partial charge in [0, 0.05) is 11.4 Å². The first-order valence-electron chi connectivity index (χ1n) is 3.36. The summed E-state index contributed by atoms with van der Waals surface area (Å²) in [4.78, 5) is 1.15. The summed E-state index contributed by atoms with van der Waals surface area (Å²) in [5.41, 5.74) is 12.4. The summed E-state index contributed by atoms with van der Waals surface area (Å²) in [6.45, 7) is 2.56. The lowest BCUT2D eigenvalue weighted by atomic mass is 10.2. The fourth-order valence-corrected chi connectivity index (χ4v) is 2.37. The van der Waals surface area contributed by atoms with E-state index in [1.54, 1.807) is 11.3 Å². The molecule has 1 unspecified atom stereocenters. The molecule has 1 aromatic rings. The van der Waals surface area contributed by atoms with Crippen LogP contribution in [0.1, 0.15) is 16.5 Å². The molecule has 0 saturated carbocycles. The molecule has 0 aromatic carbocycles. The van der Waals surface area contributed by atoms with Gasteiger partial charge in [0.05, 0.1) is 9.83 Å². The van der Waals surface area contributed by atoms with Gasteiger partial charge in [-0.05, 0) is 34.5 Å². The van der Waals surface area contributed by atoms with Gasteiger partial charge < -0.3 is 11.5 Å². The lowest BCUT2D eigenvalue weighted by Gasteiger charge is -2.03. The van der Waals surface area contributed by atoms with Crippen molar-refractivity contribution in [1.29, 1.82) is 0 Å². The van der Waals surface area contributed by atoms with Gasteiger partial charge in [0.1, 0.15) is 0 Å². The Morgan fingerprint density at radius 1 is 1.73 bits per heavy atom. The minimum atomic E-state index is -0.00926. The molecule has 0 spiro atoms. The molecule has 0 saturated heterocycles. The lowest BCUT2D eigenvalue weighted by molar-refractivity contribution is 0.751. The van der Waals surface area contributed by atoms with E-state index in [2.05, 4.69) is 22.0 Å². The van der Waals surface area contributed by atoms with Crippen molar-refractivity contribution in [2.45, 2.75) is 13.0 Å². The van der Waals surface area contributed by atoms with Gasteiger partial charge in [0.15, 0.2) is 0 Å². The van der Waals surface area contributed by atoms with Crippen molar-refractivity contribution in [3.63, 3.8) is 0 Å². The zero-order chi connectivity index (χ0) is 8.43. The molecule has 0 radical (unpaired) electrons. The largest absolute Gasteiger partial charge is 0.329 e. The quantitative estimate of drug-likeness (QED) is 0.820. The van der Waals surface area contributed by atoms with Crippen LogP contribution in [0.4, 0.5) is 0 Å². The molecule has 62 valence electrons. The smallest absolute Gasteiger partial charge is 0.0731 e. The number of nitrogens with two attached hydrogens (primary N) is 2. The Morgan fingerprint density at radius 3 is 2.73 bits per heavy atom. The second-order valence-electron chi connectivity index (χ2n) is 2.45. The van der Waals surface area contributed by atoms with Crippen LogP contribution in [0, 0.1) is 6.92 Å². The van der Waals surface area contributed by atoms with Gasteiger partial charge in [0.25, 0.3) is 0 Å². The van der Waals surface area contributed by atoms with Crippen molar-refractivity contribution >= 4 is 27.3 Å². The summed E-state index contributed by atoms with van der Waals surface area (Å²) in [5.74, 6) is 0. The van der Waals surface area contributed by atoms with Crippen LogP contribution in [0.2, 0.25) is 0 Å². The summed E-state index contributed by atoms with van der Waals surface area (Å²) in [6, 6.07) is 2.07. The minimum absolute atomic E-state index is 0.00926. The topological polar surface area (TPSA) is 52.0 Å². The third kappa shape index (κ3) is 2.02. The van der Waals surface area contributed by atoms with Gasteiger partial charge in [-0.2, -0.15) is 0 Å². The monoisotopic (exact) mass is 234 g/mol. The van der Waals surface area contributed by atoms with Crippen LogP contribution < -0.4 is 11.5 Å². The third-order valence-corrected chi connectivity index (χ3v) is 3.76. The second kappa shape index (κ2) is 3.67. The van der Waals surface area contributed by atoms with E-state index in [4.69, 9.17) is 11.5 Å². The molecule has 0 aliphatic heterocycles. The zero-order valence-electron chi connectivity index (χ0n) is 6.30. The molecule has 0 fully saturated rings. The molecule has 0 aliphatic carbocycles. The fraction of sp³-hybridized carbons (Fsp3) is 0.429. The van der Waals surface area contributed by atoms with Gasteiger partial charge in [-0.15, -0.1) is 11.3 Å². The lowest BCUT2D eigenvalue weighted by Crippen LogP contribution is -2.19. The van der Waals surface area contributed by atoms with Crippen molar-refractivity contribution in [3.8, 4) is 0 Å². The highest BCUT2D eigenvalue weighted by molar-refractivity contribution is 9.11. The van der Waals surface area contributed by atoms with Crippen molar-refractivity contribution < 1.29 is 0 Å². The van der Waals surface area contributed by atoms with E-state index < -0.39 is 0 Å². The summed E-state index contributed by atoms with van der Waals surface area (Å²) < 4.78 is 1.15. The van der Waals surface area contributed by atoms with Crippen LogP contribution in [0.25, 0.3) is 0 Å². The van der Waals surface area contributed by atoms with Gasteiger partial charge >= 0.3 is 0 Å². The van der Waals surface area contributed by atoms with E-state index in [9.17, 15) is 0 Å². The van der Waals surface area contributed by atoms with Crippen LogP contribution >= 0.6 is 27.3 Å². The number of thiophene rings is 1. The third-order valence-electron chi connectivity index (χ3n) is 1.50. The summed E-state index contributed by atoms with van der Waals surface area (Å²) in [6.07, 6.45) is 0. The zero-order valence-corrected chi connectivity index (χ0v) is 8.71. The summed E-state index contributed by atoms with van der Waals surface area (Å²) >= 11 is 5.09. The van der Waals surface area contributed by atoms with E-state index in [-0.39, 0.29) is 6.04 Å². The van der Waals surface area contributed by atoms with Gasteiger partial charge in [0.2, 0.25) is 0 Å². The first-order valence-corrected chi connectivity index (χ1v) is 4.97. The maximum Gasteiger partial charge on any atom is 0.0731 e. The number of aryl methyl sites for hydroxylation is 1.